The van der Waals surface area contributed by atoms with E-state index in [2.05, 4.69) is 10.6 Å². The molecule has 3 unspecified atom stereocenters. The van der Waals surface area contributed by atoms with E-state index in [1.54, 1.807) is 17.0 Å². The Balaban J connectivity index is 0.891. The van der Waals surface area contributed by atoms with Gasteiger partial charge in [0.1, 0.15) is 11.9 Å². The molecular formula is C32H34FN3O3S. The average Bonchev–Trinajstić information content (AvgIpc) is 3.52. The van der Waals surface area contributed by atoms with Crippen LogP contribution in [0.25, 0.3) is 0 Å². The summed E-state index contributed by atoms with van der Waals surface area (Å²) in [6, 6.07) is 10.5. The van der Waals surface area contributed by atoms with E-state index >= 15 is 4.39 Å². The Morgan fingerprint density at radius 2 is 1.90 bits per heavy atom. The molecule has 1 saturated heterocycles. The summed E-state index contributed by atoms with van der Waals surface area (Å²) in [4.78, 5) is 39.5. The van der Waals surface area contributed by atoms with Crippen LogP contribution in [0.5, 0.6) is 0 Å². The fraction of sp³-hybridized carbons (Fsp3) is 0.531. The van der Waals surface area contributed by atoms with E-state index in [4.69, 9.17) is 0 Å². The van der Waals surface area contributed by atoms with Crippen LogP contribution in [-0.4, -0.2) is 35.2 Å². The Bertz CT molecular complexity index is 1440. The summed E-state index contributed by atoms with van der Waals surface area (Å²) in [5.74, 6) is 2.38. The van der Waals surface area contributed by atoms with Crippen molar-refractivity contribution in [3.8, 4) is 0 Å². The molecule has 2 N–H and O–H groups in total. The van der Waals surface area contributed by atoms with Crippen molar-refractivity contribution in [3.05, 3.63) is 64.5 Å². The lowest BCUT2D eigenvalue weighted by molar-refractivity contribution is -0.177. The predicted molar refractivity (Wildman–Crippen MR) is 149 cm³/mol. The van der Waals surface area contributed by atoms with Gasteiger partial charge in [-0.25, -0.2) is 4.39 Å². The third-order valence-electron chi connectivity index (χ3n) is 11.3. The van der Waals surface area contributed by atoms with Crippen molar-refractivity contribution < 1.29 is 18.8 Å². The summed E-state index contributed by atoms with van der Waals surface area (Å²) >= 11 is 1.51. The van der Waals surface area contributed by atoms with Crippen molar-refractivity contribution in [1.29, 1.82) is 0 Å². The van der Waals surface area contributed by atoms with E-state index < -0.39 is 11.9 Å². The number of thioether (sulfide) groups is 1. The highest BCUT2D eigenvalue weighted by Gasteiger charge is 2.77. The molecule has 6 aliphatic rings. The summed E-state index contributed by atoms with van der Waals surface area (Å²) in [7, 11) is 0. The minimum absolute atomic E-state index is 0.190. The maximum atomic E-state index is 15.1. The van der Waals surface area contributed by atoms with Crippen LogP contribution in [0.3, 0.4) is 0 Å². The van der Waals surface area contributed by atoms with Gasteiger partial charge >= 0.3 is 0 Å². The van der Waals surface area contributed by atoms with Gasteiger partial charge in [-0.05, 0) is 102 Å². The first-order valence-corrected chi connectivity index (χ1v) is 15.7. The van der Waals surface area contributed by atoms with Gasteiger partial charge in [-0.3, -0.25) is 19.7 Å². The zero-order chi connectivity index (χ0) is 27.2. The molecule has 2 aromatic rings. The molecule has 40 heavy (non-hydrogen) atoms. The number of nitrogens with one attached hydrogen (secondary N) is 2. The van der Waals surface area contributed by atoms with Gasteiger partial charge < -0.3 is 10.2 Å². The van der Waals surface area contributed by atoms with Gasteiger partial charge in [0.15, 0.2) is 0 Å². The third-order valence-corrected chi connectivity index (χ3v) is 12.5. The number of benzene rings is 2. The monoisotopic (exact) mass is 559 g/mol. The van der Waals surface area contributed by atoms with Crippen LogP contribution in [0.2, 0.25) is 0 Å². The number of rotatable bonds is 8. The van der Waals surface area contributed by atoms with Crippen LogP contribution < -0.4 is 10.6 Å². The Morgan fingerprint density at radius 3 is 2.62 bits per heavy atom. The van der Waals surface area contributed by atoms with Gasteiger partial charge in [0.05, 0.1) is 0 Å². The highest BCUT2D eigenvalue weighted by Crippen LogP contribution is 2.84. The van der Waals surface area contributed by atoms with Crippen LogP contribution in [0.15, 0.2) is 41.3 Å². The number of halogens is 1. The molecule has 2 bridgehead atoms. The molecule has 6 nitrogen and oxygen atoms in total. The van der Waals surface area contributed by atoms with E-state index in [0.717, 1.165) is 45.7 Å². The summed E-state index contributed by atoms with van der Waals surface area (Å²) in [6.45, 7) is 2.07. The largest absolute Gasteiger partial charge is 0.322 e. The second kappa shape index (κ2) is 8.89. The van der Waals surface area contributed by atoms with Gasteiger partial charge in [-0.15, -0.1) is 11.8 Å². The smallest absolute Gasteiger partial charge is 0.255 e. The Hall–Kier alpha value is -2.71. The minimum atomic E-state index is -0.641. The van der Waals surface area contributed by atoms with Gasteiger partial charge in [-0.2, -0.15) is 0 Å². The lowest BCUT2D eigenvalue weighted by atomic mass is 9.38. The lowest BCUT2D eigenvalue weighted by Gasteiger charge is -2.66. The Kier molecular flexibility index (Phi) is 5.57. The van der Waals surface area contributed by atoms with Crippen molar-refractivity contribution in [2.75, 3.05) is 6.54 Å². The van der Waals surface area contributed by atoms with E-state index in [1.165, 1.54) is 43.9 Å². The van der Waals surface area contributed by atoms with E-state index in [9.17, 15) is 14.4 Å². The van der Waals surface area contributed by atoms with Crippen molar-refractivity contribution in [2.45, 2.75) is 74.7 Å². The topological polar surface area (TPSA) is 78.5 Å². The minimum Gasteiger partial charge on any atom is -0.322 e. The summed E-state index contributed by atoms with van der Waals surface area (Å²) in [6.07, 6.45) is 7.74. The molecule has 2 aromatic carbocycles. The number of carbonyl (C=O) groups is 3. The zero-order valence-electron chi connectivity index (χ0n) is 22.5. The summed E-state index contributed by atoms with van der Waals surface area (Å²) < 4.78 is 15.1. The van der Waals surface area contributed by atoms with Crippen molar-refractivity contribution in [2.24, 2.45) is 28.6 Å². The summed E-state index contributed by atoms with van der Waals surface area (Å²) in [5, 5.41) is 6.03. The number of amides is 3. The number of imide groups is 1. The number of piperidine rings is 1. The maximum Gasteiger partial charge on any atom is 0.255 e. The molecule has 1 spiro atoms. The quantitative estimate of drug-likeness (QED) is 0.359. The molecule has 8 rings (SSSR count). The van der Waals surface area contributed by atoms with Crippen molar-refractivity contribution in [1.82, 2.24) is 15.5 Å². The van der Waals surface area contributed by atoms with Crippen LogP contribution in [0, 0.1) is 34.4 Å². The molecular weight excluding hydrogens is 525 g/mol. The van der Waals surface area contributed by atoms with Crippen LogP contribution >= 0.6 is 11.8 Å². The number of nitrogens with zero attached hydrogens (tertiary/aromatic N) is 1. The van der Waals surface area contributed by atoms with E-state index in [-0.39, 0.29) is 24.1 Å². The second-order valence-corrected chi connectivity index (χ2v) is 14.3. The Morgan fingerprint density at radius 1 is 1.07 bits per heavy atom. The van der Waals surface area contributed by atoms with Gasteiger partial charge in [0, 0.05) is 42.3 Å². The third kappa shape index (κ3) is 3.60. The molecule has 3 atom stereocenters. The average molecular weight is 560 g/mol. The highest BCUT2D eigenvalue weighted by atomic mass is 32.2. The van der Waals surface area contributed by atoms with Gasteiger partial charge in [0.25, 0.3) is 5.91 Å². The van der Waals surface area contributed by atoms with E-state index in [1.807, 2.05) is 24.3 Å². The number of hydrogen-bond donors (Lipinski definition) is 2. The number of fused-ring (bicyclic) bond motifs is 2. The van der Waals surface area contributed by atoms with E-state index in [0.29, 0.717) is 41.8 Å². The van der Waals surface area contributed by atoms with Gasteiger partial charge in [0.2, 0.25) is 11.8 Å². The SMILES string of the molecule is O=C1CCC(N2Cc3c(SCc4ccc(CNCC56CC7CC8CC(C5)C87C6)cc4F)cccc3C2=O)C(=O)N1. The predicted octanol–water partition coefficient (Wildman–Crippen LogP) is 4.79. The summed E-state index contributed by atoms with van der Waals surface area (Å²) in [5.41, 5.74) is 4.29. The second-order valence-electron chi connectivity index (χ2n) is 13.3. The number of hydrogen-bond acceptors (Lipinski definition) is 5. The molecule has 208 valence electrons. The first-order valence-electron chi connectivity index (χ1n) is 14.7. The molecule has 4 aliphatic carbocycles. The normalized spacial score (nSPS) is 34.8. The molecule has 8 heteroatoms. The molecule has 4 saturated carbocycles. The van der Waals surface area contributed by atoms with Crippen LogP contribution in [-0.2, 0) is 28.4 Å². The zero-order valence-corrected chi connectivity index (χ0v) is 23.3. The van der Waals surface area contributed by atoms with Crippen molar-refractivity contribution >= 4 is 29.5 Å². The molecule has 3 amide bonds. The Labute approximate surface area is 237 Å². The fourth-order valence-electron chi connectivity index (χ4n) is 9.59. The van der Waals surface area contributed by atoms with Crippen LogP contribution in [0.1, 0.15) is 72.0 Å². The first-order chi connectivity index (χ1) is 19.3. The molecule has 2 aliphatic heterocycles. The van der Waals surface area contributed by atoms with Crippen molar-refractivity contribution in [3.63, 3.8) is 0 Å². The highest BCUT2D eigenvalue weighted by molar-refractivity contribution is 7.98. The van der Waals surface area contributed by atoms with Crippen LogP contribution in [0.4, 0.5) is 4.39 Å². The molecule has 5 fully saturated rings. The maximum absolute atomic E-state index is 15.1. The molecule has 0 aromatic heterocycles. The van der Waals surface area contributed by atoms with Gasteiger partial charge in [-0.1, -0.05) is 18.2 Å². The lowest BCUT2D eigenvalue weighted by Crippen LogP contribution is -2.59. The number of carbonyl (C=O) groups excluding carboxylic acids is 3. The molecule has 2 heterocycles. The standard InChI is InChI=1S/C32H34FN3O3S/c33-25-8-18(13-34-17-31-11-21-9-20-10-22(12-31)32(20,21)16-31)4-5-19(25)15-40-27-3-1-2-23-24(27)14-36(30(23)39)26-6-7-28(37)35-29(26)38/h1-5,8,20-22,26,34H,6-7,9-17H2,(H,35,37,38). The fourth-order valence-corrected chi connectivity index (χ4v) is 10.7. The first kappa shape index (κ1) is 25.0. The molecule has 0 radical (unpaired) electrons.